The van der Waals surface area contributed by atoms with E-state index in [4.69, 9.17) is 9.47 Å². The maximum Gasteiger partial charge on any atom is 0.348 e. The highest BCUT2D eigenvalue weighted by atomic mass is 32.2. The monoisotopic (exact) mass is 565 g/mol. The molecule has 37 heavy (non-hydrogen) atoms. The summed E-state index contributed by atoms with van der Waals surface area (Å²) in [5, 5.41) is 15.7. The van der Waals surface area contributed by atoms with Crippen molar-refractivity contribution in [3.05, 3.63) is 44.2 Å². The van der Waals surface area contributed by atoms with Crippen molar-refractivity contribution in [3.63, 3.8) is 0 Å². The van der Waals surface area contributed by atoms with Crippen molar-refractivity contribution in [2.45, 2.75) is 44.6 Å². The quantitative estimate of drug-likeness (QED) is 0.263. The molecule has 14 heteroatoms. The van der Waals surface area contributed by atoms with Gasteiger partial charge in [0.15, 0.2) is 11.0 Å². The third kappa shape index (κ3) is 6.76. The van der Waals surface area contributed by atoms with E-state index >= 15 is 0 Å². The van der Waals surface area contributed by atoms with E-state index in [2.05, 4.69) is 20.8 Å². The molecule has 11 nitrogen and oxygen atoms in total. The highest BCUT2D eigenvalue weighted by molar-refractivity contribution is 8.00. The van der Waals surface area contributed by atoms with Gasteiger partial charge in [0.05, 0.1) is 35.4 Å². The van der Waals surface area contributed by atoms with Gasteiger partial charge in [0, 0.05) is 7.05 Å². The normalized spacial score (nSPS) is 11.6. The minimum Gasteiger partial charge on any atom is -0.462 e. The molecule has 0 unspecified atom stereocenters. The highest BCUT2D eigenvalue weighted by Crippen LogP contribution is 2.35. The summed E-state index contributed by atoms with van der Waals surface area (Å²) in [6.07, 6.45) is 0. The lowest BCUT2D eigenvalue weighted by Gasteiger charge is -2.12. The Morgan fingerprint density at radius 3 is 2.49 bits per heavy atom. The van der Waals surface area contributed by atoms with E-state index in [-0.39, 0.29) is 41.1 Å². The number of thioether (sulfide) groups is 1. The van der Waals surface area contributed by atoms with Crippen LogP contribution in [0.25, 0.3) is 0 Å². The molecular formula is C23H27N5O6S3. The number of nitrogens with zero attached hydrogens (tertiary/aromatic N) is 3. The summed E-state index contributed by atoms with van der Waals surface area (Å²) in [7, 11) is 1.74. The molecule has 3 heterocycles. The Hall–Kier alpha value is -3.23. The molecule has 2 N–H and O–H groups in total. The first-order chi connectivity index (χ1) is 17.7. The predicted octanol–water partition coefficient (Wildman–Crippen LogP) is 3.65. The molecule has 0 fully saturated rings. The van der Waals surface area contributed by atoms with Crippen molar-refractivity contribution in [1.82, 2.24) is 20.1 Å². The summed E-state index contributed by atoms with van der Waals surface area (Å²) in [6.45, 7) is 7.15. The first-order valence-corrected chi connectivity index (χ1v) is 13.9. The lowest BCUT2D eigenvalue weighted by atomic mass is 10.1. The van der Waals surface area contributed by atoms with Gasteiger partial charge in [0.25, 0.3) is 5.91 Å². The number of amides is 2. The van der Waals surface area contributed by atoms with Crippen molar-refractivity contribution in [2.24, 2.45) is 7.05 Å². The number of carbonyl (C=O) groups is 4. The van der Waals surface area contributed by atoms with E-state index in [0.29, 0.717) is 21.4 Å². The summed E-state index contributed by atoms with van der Waals surface area (Å²) in [6, 6.07) is 3.53. The van der Waals surface area contributed by atoms with Crippen molar-refractivity contribution in [2.75, 3.05) is 18.5 Å². The van der Waals surface area contributed by atoms with E-state index in [1.54, 1.807) is 51.4 Å². The van der Waals surface area contributed by atoms with Gasteiger partial charge in [-0.3, -0.25) is 9.59 Å². The Labute approximate surface area is 225 Å². The van der Waals surface area contributed by atoms with Crippen LogP contribution in [0.1, 0.15) is 61.9 Å². The topological polar surface area (TPSA) is 142 Å². The molecule has 3 aromatic heterocycles. The zero-order valence-electron chi connectivity index (χ0n) is 20.9. The number of anilines is 1. The average molecular weight is 566 g/mol. The summed E-state index contributed by atoms with van der Waals surface area (Å²) < 4.78 is 11.9. The summed E-state index contributed by atoms with van der Waals surface area (Å²) >= 11 is 3.47. The Balaban J connectivity index is 1.70. The molecule has 0 aliphatic rings. The number of nitrogens with one attached hydrogen (secondary N) is 2. The van der Waals surface area contributed by atoms with Crippen LogP contribution in [0.3, 0.4) is 0 Å². The zero-order valence-corrected chi connectivity index (χ0v) is 23.4. The number of carbonyl (C=O) groups excluding carboxylic acids is 4. The smallest absolute Gasteiger partial charge is 0.348 e. The van der Waals surface area contributed by atoms with Crippen LogP contribution in [0.5, 0.6) is 0 Å². The Morgan fingerprint density at radius 2 is 1.84 bits per heavy atom. The van der Waals surface area contributed by atoms with Gasteiger partial charge >= 0.3 is 11.9 Å². The van der Waals surface area contributed by atoms with E-state index < -0.39 is 23.1 Å². The van der Waals surface area contributed by atoms with Crippen LogP contribution in [0.15, 0.2) is 22.7 Å². The first kappa shape index (κ1) is 28.3. The molecule has 3 aromatic rings. The number of aromatic nitrogens is 3. The van der Waals surface area contributed by atoms with Gasteiger partial charge in [-0.25, -0.2) is 9.59 Å². The molecule has 1 atom stereocenters. The molecule has 0 aliphatic heterocycles. The maximum absolute atomic E-state index is 13.0. The zero-order chi connectivity index (χ0) is 27.1. The lowest BCUT2D eigenvalue weighted by Crippen LogP contribution is -2.24. The van der Waals surface area contributed by atoms with Crippen molar-refractivity contribution < 1.29 is 28.7 Å². The number of thiophene rings is 2. The van der Waals surface area contributed by atoms with E-state index in [0.717, 1.165) is 23.1 Å². The molecule has 198 valence electrons. The van der Waals surface area contributed by atoms with E-state index in [1.165, 1.54) is 11.3 Å². The fraction of sp³-hybridized carbons (Fsp3) is 0.391. The standard InChI is InChI=1S/C23H27N5O6S3/c1-6-33-21(31)16-12(3)17(22(32)34-7-2)37-20(16)25-18(29)13(4)36-23-27-26-15(28(23)5)11-24-19(30)14-9-8-10-35-14/h8-10,13H,6-7,11H2,1-5H3,(H,24,30)(H,25,29)/t13-/m0/s1. The SMILES string of the molecule is CCOC(=O)c1sc(NC(=O)[C@H](C)Sc2nnc(CNC(=O)c3cccs3)n2C)c(C(=O)OCC)c1C. The summed E-state index contributed by atoms with van der Waals surface area (Å²) in [4.78, 5) is 51.0. The molecule has 0 bridgehead atoms. The van der Waals surface area contributed by atoms with Crippen LogP contribution in [0, 0.1) is 6.92 Å². The minimum absolute atomic E-state index is 0.128. The number of rotatable bonds is 11. The van der Waals surface area contributed by atoms with Gasteiger partial charge in [0.2, 0.25) is 5.91 Å². The van der Waals surface area contributed by atoms with E-state index in [9.17, 15) is 19.2 Å². The van der Waals surface area contributed by atoms with Crippen LogP contribution in [0.4, 0.5) is 5.00 Å². The molecule has 0 saturated carbocycles. The molecule has 0 spiro atoms. The third-order valence-electron chi connectivity index (χ3n) is 5.05. The third-order valence-corrected chi connectivity index (χ3v) is 8.24. The number of ether oxygens (including phenoxy) is 2. The molecule has 0 saturated heterocycles. The fourth-order valence-corrected chi connectivity index (χ4v) is 5.69. The number of esters is 2. The van der Waals surface area contributed by atoms with Crippen molar-refractivity contribution >= 4 is 63.2 Å². The van der Waals surface area contributed by atoms with Gasteiger partial charge in [-0.05, 0) is 44.7 Å². The van der Waals surface area contributed by atoms with Gasteiger partial charge in [-0.15, -0.1) is 32.9 Å². The van der Waals surface area contributed by atoms with E-state index in [1.807, 2.05) is 5.38 Å². The highest BCUT2D eigenvalue weighted by Gasteiger charge is 2.29. The lowest BCUT2D eigenvalue weighted by molar-refractivity contribution is -0.115. The van der Waals surface area contributed by atoms with Crippen molar-refractivity contribution in [3.8, 4) is 0 Å². The molecule has 0 radical (unpaired) electrons. The van der Waals surface area contributed by atoms with Gasteiger partial charge in [-0.2, -0.15) is 0 Å². The Kier molecular flexibility index (Phi) is 9.83. The second-order valence-electron chi connectivity index (χ2n) is 7.57. The number of hydrogen-bond acceptors (Lipinski definition) is 11. The second kappa shape index (κ2) is 12.8. The molecule has 0 aliphatic carbocycles. The van der Waals surface area contributed by atoms with Crippen LogP contribution < -0.4 is 10.6 Å². The Morgan fingerprint density at radius 1 is 1.14 bits per heavy atom. The van der Waals surface area contributed by atoms with Gasteiger partial charge in [-0.1, -0.05) is 17.8 Å². The largest absolute Gasteiger partial charge is 0.462 e. The fourth-order valence-electron chi connectivity index (χ4n) is 3.12. The van der Waals surface area contributed by atoms with Crippen molar-refractivity contribution in [1.29, 1.82) is 0 Å². The van der Waals surface area contributed by atoms with Gasteiger partial charge < -0.3 is 24.7 Å². The Bertz CT molecular complexity index is 1280. The first-order valence-electron chi connectivity index (χ1n) is 11.3. The molecule has 2 amide bonds. The molecule has 3 rings (SSSR count). The average Bonchev–Trinajstić information content (AvgIpc) is 3.58. The van der Waals surface area contributed by atoms with Gasteiger partial charge in [0.1, 0.15) is 9.88 Å². The van der Waals surface area contributed by atoms with Crippen LogP contribution in [-0.4, -0.2) is 57.0 Å². The molecular weight excluding hydrogens is 538 g/mol. The number of hydrogen-bond donors (Lipinski definition) is 2. The molecule has 0 aromatic carbocycles. The summed E-state index contributed by atoms with van der Waals surface area (Å²) in [5.41, 5.74) is 0.517. The van der Waals surface area contributed by atoms with Crippen LogP contribution in [-0.2, 0) is 27.9 Å². The predicted molar refractivity (Wildman–Crippen MR) is 141 cm³/mol. The minimum atomic E-state index is -0.634. The van der Waals surface area contributed by atoms with Crippen LogP contribution >= 0.6 is 34.4 Å². The second-order valence-corrected chi connectivity index (χ2v) is 10.8. The van der Waals surface area contributed by atoms with Crippen LogP contribution in [0.2, 0.25) is 0 Å². The maximum atomic E-state index is 13.0. The summed E-state index contributed by atoms with van der Waals surface area (Å²) in [5.74, 6) is -1.28.